The molecular weight excluding hydrogens is 154 g/mol. The number of hydrogen-bond donors (Lipinski definition) is 1. The van der Waals surface area contributed by atoms with Gasteiger partial charge in [-0.3, -0.25) is 0 Å². The third kappa shape index (κ3) is 1.95. The number of nitrogens with one attached hydrogen (secondary N) is 1. The van der Waals surface area contributed by atoms with Gasteiger partial charge in [-0.15, -0.1) is 0 Å². The average molecular weight is 164 g/mol. The van der Waals surface area contributed by atoms with Crippen molar-refractivity contribution in [3.8, 4) is 0 Å². The lowest BCUT2D eigenvalue weighted by atomic mass is 10.2. The van der Waals surface area contributed by atoms with Crippen LogP contribution in [0.5, 0.6) is 0 Å². The number of aliphatic imine (C=N–C) groups is 1. The van der Waals surface area contributed by atoms with Crippen molar-refractivity contribution in [3.05, 3.63) is 30.4 Å². The molecule has 12 heavy (non-hydrogen) atoms. The summed E-state index contributed by atoms with van der Waals surface area (Å²) >= 11 is 0. The first-order valence-electron chi connectivity index (χ1n) is 3.53. The second kappa shape index (κ2) is 3.71. The van der Waals surface area contributed by atoms with E-state index in [0.717, 1.165) is 5.69 Å². The summed E-state index contributed by atoms with van der Waals surface area (Å²) < 4.78 is 0. The van der Waals surface area contributed by atoms with Crippen LogP contribution >= 0.6 is 0 Å². The molecule has 0 amide bonds. The zero-order chi connectivity index (χ0) is 8.97. The molecule has 0 atom stereocenters. The Balaban J connectivity index is 2.59. The van der Waals surface area contributed by atoms with Crippen LogP contribution in [0.4, 0.5) is 0 Å². The molecule has 4 nitrogen and oxygen atoms in total. The number of aromatic amines is 1. The van der Waals surface area contributed by atoms with Crippen LogP contribution in [0.3, 0.4) is 0 Å². The number of hydrogen-bond acceptors (Lipinski definition) is 3. The molecule has 1 heterocycles. The van der Waals surface area contributed by atoms with Crippen molar-refractivity contribution in [2.45, 2.75) is 6.42 Å². The van der Waals surface area contributed by atoms with Crippen LogP contribution in [0, 0.1) is 0 Å². The van der Waals surface area contributed by atoms with Gasteiger partial charge in [-0.25, -0.2) is 4.98 Å². The maximum absolute atomic E-state index is 10.9. The summed E-state index contributed by atoms with van der Waals surface area (Å²) in [5.74, 6) is -0.260. The van der Waals surface area contributed by atoms with Crippen LogP contribution in [0.25, 0.3) is 0 Å². The summed E-state index contributed by atoms with van der Waals surface area (Å²) in [5.41, 5.74) is 1.35. The SMILES string of the molecule is C=C(Cc1cnc[nH]1)C([O-])=NC. The second-order valence-electron chi connectivity index (χ2n) is 2.39. The summed E-state index contributed by atoms with van der Waals surface area (Å²) in [6, 6.07) is 0. The minimum Gasteiger partial charge on any atom is -0.859 e. The van der Waals surface area contributed by atoms with E-state index >= 15 is 0 Å². The molecule has 0 unspecified atom stereocenters. The number of nitrogens with zero attached hydrogens (tertiary/aromatic N) is 2. The van der Waals surface area contributed by atoms with E-state index in [0.29, 0.717) is 12.0 Å². The molecule has 0 aromatic carbocycles. The average Bonchev–Trinajstić information content (AvgIpc) is 2.55. The van der Waals surface area contributed by atoms with Crippen molar-refractivity contribution in [2.24, 2.45) is 4.99 Å². The highest BCUT2D eigenvalue weighted by Crippen LogP contribution is 2.01. The molecule has 0 saturated heterocycles. The van der Waals surface area contributed by atoms with Crippen LogP contribution in [0.2, 0.25) is 0 Å². The van der Waals surface area contributed by atoms with Gasteiger partial charge in [-0.05, 0) is 11.5 Å². The van der Waals surface area contributed by atoms with E-state index in [1.54, 1.807) is 12.5 Å². The van der Waals surface area contributed by atoms with Crippen LogP contribution in [-0.4, -0.2) is 22.9 Å². The Bertz CT molecular complexity index is 287. The molecule has 1 aromatic heterocycles. The number of imidazole rings is 1. The highest BCUT2D eigenvalue weighted by Gasteiger charge is 1.96. The van der Waals surface area contributed by atoms with Gasteiger partial charge < -0.3 is 15.1 Å². The Morgan fingerprint density at radius 1 is 1.83 bits per heavy atom. The van der Waals surface area contributed by atoms with Gasteiger partial charge in [0.25, 0.3) is 0 Å². The minimum absolute atomic E-state index is 0.260. The normalized spacial score (nSPS) is 11.6. The molecule has 64 valence electrons. The largest absolute Gasteiger partial charge is 0.859 e. The summed E-state index contributed by atoms with van der Waals surface area (Å²) in [4.78, 5) is 10.2. The van der Waals surface area contributed by atoms with Crippen LogP contribution in [0.1, 0.15) is 5.69 Å². The van der Waals surface area contributed by atoms with Gasteiger partial charge in [0.05, 0.1) is 6.33 Å². The van der Waals surface area contributed by atoms with Crippen molar-refractivity contribution in [1.29, 1.82) is 0 Å². The fourth-order valence-electron chi connectivity index (χ4n) is 0.845. The van der Waals surface area contributed by atoms with Gasteiger partial charge in [0.2, 0.25) is 0 Å². The van der Waals surface area contributed by atoms with E-state index in [2.05, 4.69) is 21.5 Å². The van der Waals surface area contributed by atoms with Crippen LogP contribution in [0.15, 0.2) is 29.7 Å². The van der Waals surface area contributed by atoms with Crippen molar-refractivity contribution < 1.29 is 5.11 Å². The smallest absolute Gasteiger partial charge is 0.0921 e. The highest BCUT2D eigenvalue weighted by molar-refractivity contribution is 5.89. The van der Waals surface area contributed by atoms with E-state index in [9.17, 15) is 5.11 Å². The van der Waals surface area contributed by atoms with Crippen molar-refractivity contribution in [2.75, 3.05) is 7.05 Å². The molecule has 0 fully saturated rings. The van der Waals surface area contributed by atoms with Gasteiger partial charge in [0, 0.05) is 25.4 Å². The molecule has 0 bridgehead atoms. The van der Waals surface area contributed by atoms with E-state index in [1.165, 1.54) is 7.05 Å². The van der Waals surface area contributed by atoms with E-state index < -0.39 is 0 Å². The first-order chi connectivity index (χ1) is 5.74. The van der Waals surface area contributed by atoms with Gasteiger partial charge in [0.1, 0.15) is 0 Å². The first kappa shape index (κ1) is 8.52. The van der Waals surface area contributed by atoms with Gasteiger partial charge in [-0.1, -0.05) is 6.58 Å². The monoisotopic (exact) mass is 164 g/mol. The maximum atomic E-state index is 10.9. The second-order valence-corrected chi connectivity index (χ2v) is 2.39. The lowest BCUT2D eigenvalue weighted by Crippen LogP contribution is -2.20. The molecular formula is C8H10N3O-. The molecule has 1 aromatic rings. The molecule has 4 heteroatoms. The topological polar surface area (TPSA) is 64.1 Å². The van der Waals surface area contributed by atoms with Gasteiger partial charge in [-0.2, -0.15) is 0 Å². The predicted octanol–water partition coefficient (Wildman–Crippen LogP) is -0.103. The number of rotatable bonds is 3. The molecule has 1 N–H and O–H groups in total. The Hall–Kier alpha value is -1.58. The van der Waals surface area contributed by atoms with E-state index in [1.807, 2.05) is 0 Å². The minimum atomic E-state index is -0.260. The first-order valence-corrected chi connectivity index (χ1v) is 3.53. The molecule has 0 aliphatic rings. The summed E-state index contributed by atoms with van der Waals surface area (Å²) in [6.45, 7) is 3.61. The fraction of sp³-hybridized carbons (Fsp3) is 0.250. The lowest BCUT2D eigenvalue weighted by molar-refractivity contribution is -0.213. The van der Waals surface area contributed by atoms with Crippen LogP contribution in [-0.2, 0) is 6.42 Å². The highest BCUT2D eigenvalue weighted by atomic mass is 16.3. The van der Waals surface area contributed by atoms with Crippen molar-refractivity contribution in [3.63, 3.8) is 0 Å². The van der Waals surface area contributed by atoms with Crippen molar-refractivity contribution >= 4 is 5.90 Å². The zero-order valence-corrected chi connectivity index (χ0v) is 6.87. The molecule has 0 spiro atoms. The predicted molar refractivity (Wildman–Crippen MR) is 44.8 cm³/mol. The Morgan fingerprint density at radius 2 is 2.58 bits per heavy atom. The summed E-state index contributed by atoms with van der Waals surface area (Å²) in [7, 11) is 1.46. The molecule has 0 aliphatic heterocycles. The van der Waals surface area contributed by atoms with E-state index in [4.69, 9.17) is 0 Å². The summed E-state index contributed by atoms with van der Waals surface area (Å²) in [5, 5.41) is 10.9. The zero-order valence-electron chi connectivity index (χ0n) is 6.87. The quantitative estimate of drug-likeness (QED) is 0.500. The Labute approximate surface area is 70.7 Å². The number of H-pyrrole nitrogens is 1. The maximum Gasteiger partial charge on any atom is 0.0921 e. The molecule has 0 aliphatic carbocycles. The lowest BCUT2D eigenvalue weighted by Gasteiger charge is -2.10. The van der Waals surface area contributed by atoms with E-state index in [-0.39, 0.29) is 5.90 Å². The van der Waals surface area contributed by atoms with Crippen LogP contribution < -0.4 is 5.11 Å². The Kier molecular flexibility index (Phi) is 2.63. The standard InChI is InChI=1S/C8H11N3O/c1-6(8(12)9-2)3-7-4-10-5-11-7/h4-5H,1,3H2,2H3,(H,9,12)(H,10,11)/p-1. The van der Waals surface area contributed by atoms with Gasteiger partial charge in [0.15, 0.2) is 0 Å². The molecule has 0 radical (unpaired) electrons. The fourth-order valence-corrected chi connectivity index (χ4v) is 0.845. The molecule has 1 rings (SSSR count). The summed E-state index contributed by atoms with van der Waals surface area (Å²) in [6.07, 6.45) is 3.71. The number of aromatic nitrogens is 2. The third-order valence-electron chi connectivity index (χ3n) is 1.46. The Morgan fingerprint density at radius 3 is 3.08 bits per heavy atom. The third-order valence-corrected chi connectivity index (χ3v) is 1.46. The molecule has 0 saturated carbocycles. The van der Waals surface area contributed by atoms with Gasteiger partial charge >= 0.3 is 0 Å². The van der Waals surface area contributed by atoms with Crippen molar-refractivity contribution in [1.82, 2.24) is 9.97 Å².